The van der Waals surface area contributed by atoms with E-state index >= 15 is 0 Å². The molecule has 2 rings (SSSR count). The van der Waals surface area contributed by atoms with Crippen LogP contribution < -0.4 is 5.73 Å². The van der Waals surface area contributed by atoms with Gasteiger partial charge in [0.1, 0.15) is 0 Å². The lowest BCUT2D eigenvalue weighted by Crippen LogP contribution is -2.39. The number of likely N-dealkylation sites (tertiary alicyclic amines) is 1. The maximum atomic E-state index is 5.47. The van der Waals surface area contributed by atoms with Gasteiger partial charge in [0, 0.05) is 13.1 Å². The highest BCUT2D eigenvalue weighted by atomic mass is 15.2. The quantitative estimate of drug-likeness (QED) is 0.785. The highest BCUT2D eigenvalue weighted by Crippen LogP contribution is 2.29. The van der Waals surface area contributed by atoms with Crippen molar-refractivity contribution in [3.05, 3.63) is 35.9 Å². The molecule has 1 atom stereocenters. The van der Waals surface area contributed by atoms with Gasteiger partial charge in [-0.05, 0) is 25.3 Å². The maximum absolute atomic E-state index is 5.47. The topological polar surface area (TPSA) is 29.3 Å². The number of nitrogens with two attached hydrogens (primary N) is 1. The summed E-state index contributed by atoms with van der Waals surface area (Å²) in [6.07, 6.45) is 2.37. The number of nitrogens with zero attached hydrogens (tertiary/aromatic N) is 1. The van der Waals surface area contributed by atoms with Crippen LogP contribution in [-0.4, -0.2) is 23.5 Å². The monoisotopic (exact) mass is 228 g/mol. The molecular weight excluding hydrogens is 208 g/mol. The van der Waals surface area contributed by atoms with Crippen molar-refractivity contribution in [2.24, 2.45) is 5.73 Å². The van der Waals surface area contributed by atoms with Crippen LogP contribution in [0.2, 0.25) is 0 Å². The van der Waals surface area contributed by atoms with Gasteiger partial charge in [0.15, 0.2) is 0 Å². The minimum Gasteiger partial charge on any atom is -0.320 e. The first-order valence-electron chi connectivity index (χ1n) is 6.24. The van der Waals surface area contributed by atoms with Crippen molar-refractivity contribution in [3.63, 3.8) is 0 Å². The van der Waals surface area contributed by atoms with E-state index in [2.05, 4.69) is 54.0 Å². The molecule has 0 aromatic heterocycles. The Labute approximate surface area is 104 Å². The first-order valence-corrected chi connectivity index (χ1v) is 6.24. The highest BCUT2D eigenvalue weighted by Gasteiger charge is 2.34. The summed E-state index contributed by atoms with van der Waals surface area (Å²) in [6, 6.07) is 10.6. The lowest BCUT2D eigenvalue weighted by atomic mass is 9.99. The molecule has 1 heterocycles. The Morgan fingerprint density at radius 2 is 2.12 bits per heavy atom. The average Bonchev–Trinajstić information content (AvgIpc) is 2.70. The summed E-state index contributed by atoms with van der Waals surface area (Å²) in [5.74, 6) is 6.36. The Hall–Kier alpha value is -1.30. The van der Waals surface area contributed by atoms with Crippen LogP contribution in [0, 0.1) is 11.8 Å². The zero-order chi connectivity index (χ0) is 12.1. The fourth-order valence-electron chi connectivity index (χ4n) is 2.46. The standard InChI is InChI=1S/C15H20N2/c1-15(9-5-11-16)10-6-12-17(15)13-14-7-3-2-4-8-14/h2-4,7-8H,6,10-13,16H2,1H3. The molecule has 0 aliphatic carbocycles. The minimum atomic E-state index is 0.00914. The van der Waals surface area contributed by atoms with E-state index in [0.29, 0.717) is 6.54 Å². The molecule has 90 valence electrons. The summed E-state index contributed by atoms with van der Waals surface area (Å²) < 4.78 is 0. The summed E-state index contributed by atoms with van der Waals surface area (Å²) >= 11 is 0. The molecule has 0 spiro atoms. The van der Waals surface area contributed by atoms with Crippen molar-refractivity contribution in [3.8, 4) is 11.8 Å². The van der Waals surface area contributed by atoms with Crippen molar-refractivity contribution >= 4 is 0 Å². The molecule has 1 aromatic rings. The molecule has 2 nitrogen and oxygen atoms in total. The van der Waals surface area contributed by atoms with Crippen molar-refractivity contribution in [1.82, 2.24) is 4.90 Å². The van der Waals surface area contributed by atoms with E-state index in [1.807, 2.05) is 0 Å². The van der Waals surface area contributed by atoms with E-state index in [-0.39, 0.29) is 5.54 Å². The van der Waals surface area contributed by atoms with Gasteiger partial charge in [0.2, 0.25) is 0 Å². The third-order valence-corrected chi connectivity index (χ3v) is 3.47. The molecule has 0 amide bonds. The molecule has 1 unspecified atom stereocenters. The highest BCUT2D eigenvalue weighted by molar-refractivity contribution is 5.22. The van der Waals surface area contributed by atoms with E-state index in [1.54, 1.807) is 0 Å². The van der Waals surface area contributed by atoms with Crippen LogP contribution in [0.25, 0.3) is 0 Å². The van der Waals surface area contributed by atoms with Crippen LogP contribution in [0.3, 0.4) is 0 Å². The largest absolute Gasteiger partial charge is 0.320 e. The van der Waals surface area contributed by atoms with Crippen LogP contribution in [0.4, 0.5) is 0 Å². The number of benzene rings is 1. The van der Waals surface area contributed by atoms with Gasteiger partial charge in [0.05, 0.1) is 12.1 Å². The van der Waals surface area contributed by atoms with E-state index in [9.17, 15) is 0 Å². The second kappa shape index (κ2) is 5.35. The van der Waals surface area contributed by atoms with Gasteiger partial charge in [-0.25, -0.2) is 0 Å². The van der Waals surface area contributed by atoms with Crippen LogP contribution in [0.5, 0.6) is 0 Å². The van der Waals surface area contributed by atoms with Gasteiger partial charge in [-0.2, -0.15) is 0 Å². The smallest absolute Gasteiger partial charge is 0.0801 e. The normalized spacial score (nSPS) is 24.4. The third-order valence-electron chi connectivity index (χ3n) is 3.47. The Morgan fingerprint density at radius 1 is 1.35 bits per heavy atom. The van der Waals surface area contributed by atoms with Crippen LogP contribution in [0.15, 0.2) is 30.3 Å². The molecule has 0 saturated carbocycles. The van der Waals surface area contributed by atoms with Gasteiger partial charge in [0.25, 0.3) is 0 Å². The predicted octanol–water partition coefficient (Wildman–Crippen LogP) is 2.00. The third kappa shape index (κ3) is 2.88. The first-order chi connectivity index (χ1) is 8.24. The second-order valence-corrected chi connectivity index (χ2v) is 4.79. The predicted molar refractivity (Wildman–Crippen MR) is 71.3 cm³/mol. The fraction of sp³-hybridized carbons (Fsp3) is 0.467. The molecule has 1 saturated heterocycles. The van der Waals surface area contributed by atoms with Gasteiger partial charge < -0.3 is 5.73 Å². The van der Waals surface area contributed by atoms with E-state index in [4.69, 9.17) is 5.73 Å². The SMILES string of the molecule is CC1(C#CCN)CCCN1Cc1ccccc1. The molecule has 1 fully saturated rings. The lowest BCUT2D eigenvalue weighted by molar-refractivity contribution is 0.203. The molecule has 1 aromatic carbocycles. The van der Waals surface area contributed by atoms with Gasteiger partial charge in [-0.3, -0.25) is 4.90 Å². The molecule has 0 bridgehead atoms. The van der Waals surface area contributed by atoms with Crippen LogP contribution in [0.1, 0.15) is 25.3 Å². The molecule has 2 N–H and O–H groups in total. The Bertz CT molecular complexity index is 416. The summed E-state index contributed by atoms with van der Waals surface area (Å²) in [5.41, 5.74) is 6.84. The molecule has 1 aliphatic rings. The molecular formula is C15H20N2. The fourth-order valence-corrected chi connectivity index (χ4v) is 2.46. The Kier molecular flexibility index (Phi) is 3.83. The minimum absolute atomic E-state index is 0.00914. The maximum Gasteiger partial charge on any atom is 0.0801 e. The number of hydrogen-bond acceptors (Lipinski definition) is 2. The van der Waals surface area contributed by atoms with E-state index < -0.39 is 0 Å². The Balaban J connectivity index is 2.10. The summed E-state index contributed by atoms with van der Waals surface area (Å²) in [7, 11) is 0. The Morgan fingerprint density at radius 3 is 2.82 bits per heavy atom. The summed E-state index contributed by atoms with van der Waals surface area (Å²) in [6.45, 7) is 4.79. The van der Waals surface area contributed by atoms with Crippen molar-refractivity contribution < 1.29 is 0 Å². The molecule has 0 radical (unpaired) electrons. The summed E-state index contributed by atoms with van der Waals surface area (Å²) in [5, 5.41) is 0. The van der Waals surface area contributed by atoms with Crippen molar-refractivity contribution in [1.29, 1.82) is 0 Å². The first kappa shape index (κ1) is 12.2. The zero-order valence-corrected chi connectivity index (χ0v) is 10.4. The summed E-state index contributed by atoms with van der Waals surface area (Å²) in [4.78, 5) is 2.46. The van der Waals surface area contributed by atoms with Crippen LogP contribution in [-0.2, 0) is 6.54 Å². The van der Waals surface area contributed by atoms with Gasteiger partial charge in [-0.1, -0.05) is 42.2 Å². The molecule has 2 heteroatoms. The second-order valence-electron chi connectivity index (χ2n) is 4.79. The molecule has 1 aliphatic heterocycles. The van der Waals surface area contributed by atoms with Gasteiger partial charge >= 0.3 is 0 Å². The van der Waals surface area contributed by atoms with Crippen molar-refractivity contribution in [2.45, 2.75) is 31.8 Å². The number of hydrogen-bond donors (Lipinski definition) is 1. The van der Waals surface area contributed by atoms with Crippen LogP contribution >= 0.6 is 0 Å². The number of rotatable bonds is 2. The van der Waals surface area contributed by atoms with E-state index in [0.717, 1.165) is 19.5 Å². The average molecular weight is 228 g/mol. The lowest BCUT2D eigenvalue weighted by Gasteiger charge is -2.30. The molecule has 17 heavy (non-hydrogen) atoms. The van der Waals surface area contributed by atoms with Crippen molar-refractivity contribution in [2.75, 3.05) is 13.1 Å². The zero-order valence-electron chi connectivity index (χ0n) is 10.4. The van der Waals surface area contributed by atoms with Gasteiger partial charge in [-0.15, -0.1) is 0 Å². The van der Waals surface area contributed by atoms with E-state index in [1.165, 1.54) is 12.0 Å².